The number of benzene rings is 2. The molecule has 4 rings (SSSR count). The lowest BCUT2D eigenvalue weighted by molar-refractivity contribution is -0.113. The van der Waals surface area contributed by atoms with Gasteiger partial charge in [-0.05, 0) is 48.0 Å². The molecule has 0 aliphatic carbocycles. The Morgan fingerprint density at radius 2 is 1.85 bits per heavy atom. The Bertz CT molecular complexity index is 1250. The van der Waals surface area contributed by atoms with Crippen molar-refractivity contribution in [2.24, 2.45) is 4.99 Å². The molecule has 6 nitrogen and oxygen atoms in total. The molecule has 0 spiro atoms. The number of Topliss-reactive ketones (excluding diaryl/α,β-unsaturated/α-hetero) is 1. The predicted octanol–water partition coefficient (Wildman–Crippen LogP) is 5.78. The summed E-state index contributed by atoms with van der Waals surface area (Å²) in [7, 11) is 3.16. The number of hydrogen-bond donors (Lipinski definition) is 0. The summed E-state index contributed by atoms with van der Waals surface area (Å²) in [6.07, 6.45) is 1.71. The molecule has 168 valence electrons. The van der Waals surface area contributed by atoms with E-state index in [2.05, 4.69) is 4.99 Å². The summed E-state index contributed by atoms with van der Waals surface area (Å²) in [4.78, 5) is 32.6. The molecule has 2 aromatic carbocycles. The van der Waals surface area contributed by atoms with Crippen LogP contribution in [-0.2, 0) is 4.79 Å². The maximum Gasteiger partial charge on any atom is 0.283 e. The lowest BCUT2D eigenvalue weighted by atomic mass is 10.2. The van der Waals surface area contributed by atoms with Gasteiger partial charge in [0.25, 0.3) is 5.91 Å². The zero-order valence-electron chi connectivity index (χ0n) is 17.8. The van der Waals surface area contributed by atoms with Gasteiger partial charge in [-0.2, -0.15) is 0 Å². The molecule has 0 bridgehead atoms. The van der Waals surface area contributed by atoms with Crippen molar-refractivity contribution >= 4 is 63.3 Å². The minimum absolute atomic E-state index is 0.0785. The van der Waals surface area contributed by atoms with Crippen molar-refractivity contribution in [2.75, 3.05) is 24.9 Å². The highest BCUT2D eigenvalue weighted by atomic mass is 35.5. The van der Waals surface area contributed by atoms with Gasteiger partial charge < -0.3 is 9.47 Å². The molecule has 1 aliphatic rings. The van der Waals surface area contributed by atoms with E-state index in [1.165, 1.54) is 28.0 Å². The first-order chi connectivity index (χ1) is 16.0. The van der Waals surface area contributed by atoms with Crippen molar-refractivity contribution in [2.45, 2.75) is 0 Å². The predicted molar refractivity (Wildman–Crippen MR) is 135 cm³/mol. The van der Waals surface area contributed by atoms with Crippen molar-refractivity contribution in [1.82, 2.24) is 0 Å². The number of aliphatic imine (C=N–C) groups is 1. The number of thioether (sulfide) groups is 1. The second-order valence-electron chi connectivity index (χ2n) is 6.85. The molecule has 9 heteroatoms. The number of ether oxygens (including phenoxy) is 2. The molecule has 2 heterocycles. The second-order valence-corrected chi connectivity index (χ2v) is 9.51. The van der Waals surface area contributed by atoms with E-state index in [1.54, 1.807) is 56.7 Å². The number of halogens is 1. The molecule has 0 N–H and O–H groups in total. The molecule has 1 amide bonds. The van der Waals surface area contributed by atoms with Crippen molar-refractivity contribution in [1.29, 1.82) is 0 Å². The molecule has 0 radical (unpaired) electrons. The summed E-state index contributed by atoms with van der Waals surface area (Å²) in [6.45, 7) is 0. The summed E-state index contributed by atoms with van der Waals surface area (Å²) in [5, 5.41) is 0.420. The first-order valence-electron chi connectivity index (χ1n) is 9.83. The van der Waals surface area contributed by atoms with Crippen molar-refractivity contribution in [3.05, 3.63) is 81.1 Å². The van der Waals surface area contributed by atoms with Gasteiger partial charge in [-0.1, -0.05) is 41.6 Å². The topological polar surface area (TPSA) is 68.2 Å². The fourth-order valence-corrected chi connectivity index (χ4v) is 5.06. The lowest BCUT2D eigenvalue weighted by Gasteiger charge is -2.18. The standard InChI is InChI=1S/C24H19ClN2O4S2/c1-30-17-8-6-15(7-9-17)12-19-23(29)27(16-4-3-5-18(13-16)31-2)24(26-19)32-14-20(28)21-10-11-22(25)33-21/h3-13H,14H2,1-2H3/b19-12+. The Balaban J connectivity index is 1.64. The molecule has 0 unspecified atom stereocenters. The zero-order chi connectivity index (χ0) is 23.4. The molecule has 1 aromatic heterocycles. The number of carbonyl (C=O) groups is 2. The number of carbonyl (C=O) groups excluding carboxylic acids is 2. The van der Waals surface area contributed by atoms with Crippen LogP contribution in [0.5, 0.6) is 11.5 Å². The van der Waals surface area contributed by atoms with Crippen LogP contribution in [-0.4, -0.2) is 36.8 Å². The van der Waals surface area contributed by atoms with Crippen molar-refractivity contribution in [3.63, 3.8) is 0 Å². The molecule has 0 saturated carbocycles. The van der Waals surface area contributed by atoms with Crippen LogP contribution in [0.1, 0.15) is 15.2 Å². The van der Waals surface area contributed by atoms with E-state index in [9.17, 15) is 9.59 Å². The van der Waals surface area contributed by atoms with E-state index in [0.717, 1.165) is 11.3 Å². The van der Waals surface area contributed by atoms with Crippen LogP contribution in [0.25, 0.3) is 6.08 Å². The van der Waals surface area contributed by atoms with Crippen LogP contribution in [0.3, 0.4) is 0 Å². The summed E-state index contributed by atoms with van der Waals surface area (Å²) in [6, 6.07) is 17.9. The van der Waals surface area contributed by atoms with E-state index in [1.807, 2.05) is 24.3 Å². The zero-order valence-corrected chi connectivity index (χ0v) is 20.2. The van der Waals surface area contributed by atoms with E-state index < -0.39 is 0 Å². The van der Waals surface area contributed by atoms with Gasteiger partial charge in [0.2, 0.25) is 0 Å². The number of hydrogen-bond acceptors (Lipinski definition) is 7. The number of amidine groups is 1. The van der Waals surface area contributed by atoms with Gasteiger partial charge in [0.1, 0.15) is 17.2 Å². The minimum atomic E-state index is -0.284. The Hall–Kier alpha value is -3.07. The molecule has 1 aliphatic heterocycles. The number of rotatable bonds is 7. The van der Waals surface area contributed by atoms with Crippen LogP contribution in [0.4, 0.5) is 5.69 Å². The number of amides is 1. The first-order valence-corrected chi connectivity index (χ1v) is 12.0. The van der Waals surface area contributed by atoms with E-state index in [4.69, 9.17) is 21.1 Å². The largest absolute Gasteiger partial charge is 0.497 e. The van der Waals surface area contributed by atoms with E-state index in [0.29, 0.717) is 25.8 Å². The number of nitrogens with zero attached hydrogens (tertiary/aromatic N) is 2. The summed E-state index contributed by atoms with van der Waals surface area (Å²) < 4.78 is 11.1. The highest BCUT2D eigenvalue weighted by Crippen LogP contribution is 2.32. The summed E-state index contributed by atoms with van der Waals surface area (Å²) >= 11 is 8.39. The monoisotopic (exact) mass is 498 g/mol. The highest BCUT2D eigenvalue weighted by molar-refractivity contribution is 8.14. The van der Waals surface area contributed by atoms with Gasteiger partial charge in [-0.25, -0.2) is 4.99 Å². The second kappa shape index (κ2) is 10.2. The first kappa shape index (κ1) is 23.1. The molecule has 3 aromatic rings. The molecule has 0 saturated heterocycles. The van der Waals surface area contributed by atoms with Crippen LogP contribution in [0.2, 0.25) is 4.34 Å². The fraction of sp³-hybridized carbons (Fsp3) is 0.125. The van der Waals surface area contributed by atoms with Crippen molar-refractivity contribution < 1.29 is 19.1 Å². The number of ketones is 1. The van der Waals surface area contributed by atoms with E-state index in [-0.39, 0.29) is 23.1 Å². The van der Waals surface area contributed by atoms with Gasteiger partial charge in [-0.15, -0.1) is 11.3 Å². The van der Waals surface area contributed by atoms with Crippen LogP contribution in [0, 0.1) is 0 Å². The third kappa shape index (κ3) is 5.30. The SMILES string of the molecule is COc1ccc(/C=C2/N=C(SCC(=O)c3ccc(Cl)s3)N(c3cccc(OC)c3)C2=O)cc1. The average molecular weight is 499 g/mol. The molecule has 0 fully saturated rings. The molecule has 0 atom stereocenters. The van der Waals surface area contributed by atoms with Gasteiger partial charge in [0, 0.05) is 6.07 Å². The fourth-order valence-electron chi connectivity index (χ4n) is 3.09. The maximum absolute atomic E-state index is 13.3. The van der Waals surface area contributed by atoms with Crippen molar-refractivity contribution in [3.8, 4) is 11.5 Å². The number of methoxy groups -OCH3 is 2. The van der Waals surface area contributed by atoms with E-state index >= 15 is 0 Å². The van der Waals surface area contributed by atoms with Crippen LogP contribution in [0.15, 0.2) is 71.4 Å². The summed E-state index contributed by atoms with van der Waals surface area (Å²) in [5.74, 6) is 1.10. The Labute approximate surface area is 204 Å². The van der Waals surface area contributed by atoms with Gasteiger partial charge in [0.15, 0.2) is 11.0 Å². The minimum Gasteiger partial charge on any atom is -0.497 e. The molecular weight excluding hydrogens is 480 g/mol. The third-order valence-corrected chi connectivity index (χ3v) is 6.95. The Morgan fingerprint density at radius 3 is 2.52 bits per heavy atom. The lowest BCUT2D eigenvalue weighted by Crippen LogP contribution is -2.30. The molecule has 33 heavy (non-hydrogen) atoms. The normalized spacial score (nSPS) is 14.5. The maximum atomic E-state index is 13.3. The quantitative estimate of drug-likeness (QED) is 0.305. The summed E-state index contributed by atoms with van der Waals surface area (Å²) in [5.41, 5.74) is 1.69. The van der Waals surface area contributed by atoms with Gasteiger partial charge in [0.05, 0.1) is 34.9 Å². The highest BCUT2D eigenvalue weighted by Gasteiger charge is 2.32. The Kier molecular flexibility index (Phi) is 7.17. The number of anilines is 1. The smallest absolute Gasteiger partial charge is 0.283 e. The number of thiophene rings is 1. The van der Waals surface area contributed by atoms with Crippen LogP contribution < -0.4 is 14.4 Å². The van der Waals surface area contributed by atoms with Crippen LogP contribution >= 0.6 is 34.7 Å². The van der Waals surface area contributed by atoms with Gasteiger partial charge in [-0.3, -0.25) is 14.5 Å². The average Bonchev–Trinajstić information content (AvgIpc) is 3.41. The molecular formula is C24H19ClN2O4S2. The third-order valence-electron chi connectivity index (χ3n) is 4.74. The Morgan fingerprint density at radius 1 is 1.09 bits per heavy atom. The van der Waals surface area contributed by atoms with Gasteiger partial charge >= 0.3 is 0 Å².